The molecule has 0 bridgehead atoms. The number of halogens is 1. The zero-order valence-corrected chi connectivity index (χ0v) is 9.87. The number of nitrogens with zero attached hydrogens (tertiary/aromatic N) is 1. The molecule has 1 aromatic carbocycles. The summed E-state index contributed by atoms with van der Waals surface area (Å²) in [4.78, 5) is 10.1. The molecule has 92 valence electrons. The molecule has 0 saturated heterocycles. The highest BCUT2D eigenvalue weighted by molar-refractivity contribution is 5.53. The van der Waals surface area contributed by atoms with Crippen LogP contribution in [0, 0.1) is 21.3 Å². The Kier molecular flexibility index (Phi) is 2.77. The lowest BCUT2D eigenvalue weighted by Gasteiger charge is -2.21. The van der Waals surface area contributed by atoms with Gasteiger partial charge in [0.05, 0.1) is 10.6 Å². The molecule has 1 N–H and O–H groups in total. The lowest BCUT2D eigenvalue weighted by molar-refractivity contribution is -0.384. The number of anilines is 1. The number of nitro benzene ring substituents is 1. The molecule has 0 radical (unpaired) electrons. The van der Waals surface area contributed by atoms with Gasteiger partial charge in [-0.05, 0) is 31.2 Å². The maximum atomic E-state index is 13.5. The van der Waals surface area contributed by atoms with Crippen molar-refractivity contribution < 1.29 is 9.31 Å². The Morgan fingerprint density at radius 2 is 2.18 bits per heavy atom. The molecule has 17 heavy (non-hydrogen) atoms. The molecule has 1 fully saturated rings. The van der Waals surface area contributed by atoms with Crippen LogP contribution in [0.1, 0.15) is 26.7 Å². The molecular formula is C12H15FN2O2. The summed E-state index contributed by atoms with van der Waals surface area (Å²) >= 11 is 0. The SMILES string of the molecule is CC(Nc1cc([N+](=O)[O-])ccc1F)C1(C)CC1. The fraction of sp³-hybridized carbons (Fsp3) is 0.500. The van der Waals surface area contributed by atoms with Gasteiger partial charge in [-0.3, -0.25) is 10.1 Å². The van der Waals surface area contributed by atoms with E-state index in [9.17, 15) is 14.5 Å². The molecule has 0 heterocycles. The quantitative estimate of drug-likeness (QED) is 0.646. The molecule has 0 amide bonds. The van der Waals surface area contributed by atoms with Gasteiger partial charge in [0.25, 0.3) is 5.69 Å². The minimum Gasteiger partial charge on any atom is -0.379 e. The van der Waals surface area contributed by atoms with E-state index in [0.717, 1.165) is 18.9 Å². The van der Waals surface area contributed by atoms with Crippen molar-refractivity contribution in [2.45, 2.75) is 32.7 Å². The fourth-order valence-electron chi connectivity index (χ4n) is 1.78. The van der Waals surface area contributed by atoms with Crippen LogP contribution in [0.4, 0.5) is 15.8 Å². The van der Waals surface area contributed by atoms with Crippen molar-refractivity contribution in [2.75, 3.05) is 5.32 Å². The Hall–Kier alpha value is -1.65. The Morgan fingerprint density at radius 3 is 2.71 bits per heavy atom. The average Bonchev–Trinajstić information content (AvgIpc) is 3.00. The van der Waals surface area contributed by atoms with E-state index in [4.69, 9.17) is 0 Å². The summed E-state index contributed by atoms with van der Waals surface area (Å²) < 4.78 is 13.5. The summed E-state index contributed by atoms with van der Waals surface area (Å²) in [6.07, 6.45) is 2.22. The molecule has 1 aliphatic rings. The second-order valence-corrected chi connectivity index (χ2v) is 4.94. The van der Waals surface area contributed by atoms with E-state index in [-0.39, 0.29) is 22.8 Å². The van der Waals surface area contributed by atoms with Crippen molar-refractivity contribution in [3.8, 4) is 0 Å². The Bertz CT molecular complexity index is 458. The van der Waals surface area contributed by atoms with Gasteiger partial charge < -0.3 is 5.32 Å². The molecule has 4 nitrogen and oxygen atoms in total. The Labute approximate surface area is 99.0 Å². The third-order valence-corrected chi connectivity index (χ3v) is 3.62. The van der Waals surface area contributed by atoms with Gasteiger partial charge in [-0.1, -0.05) is 6.92 Å². The molecule has 1 aliphatic carbocycles. The van der Waals surface area contributed by atoms with E-state index in [1.807, 2.05) is 6.92 Å². The number of hydrogen-bond acceptors (Lipinski definition) is 3. The molecule has 0 aromatic heterocycles. The van der Waals surface area contributed by atoms with E-state index in [2.05, 4.69) is 12.2 Å². The minimum atomic E-state index is -0.520. The van der Waals surface area contributed by atoms with E-state index in [1.54, 1.807) is 0 Å². The monoisotopic (exact) mass is 238 g/mol. The second kappa shape index (κ2) is 3.98. The highest BCUT2D eigenvalue weighted by atomic mass is 19.1. The molecule has 1 unspecified atom stereocenters. The summed E-state index contributed by atoms with van der Waals surface area (Å²) in [6, 6.07) is 3.66. The molecule has 1 saturated carbocycles. The Morgan fingerprint density at radius 1 is 1.53 bits per heavy atom. The number of hydrogen-bond donors (Lipinski definition) is 1. The van der Waals surface area contributed by atoms with Crippen LogP contribution in [-0.2, 0) is 0 Å². The normalized spacial score (nSPS) is 18.5. The van der Waals surface area contributed by atoms with Crippen LogP contribution in [0.2, 0.25) is 0 Å². The number of benzene rings is 1. The minimum absolute atomic E-state index is 0.0953. The Balaban J connectivity index is 2.19. The average molecular weight is 238 g/mol. The molecule has 1 aromatic rings. The van der Waals surface area contributed by atoms with Crippen molar-refractivity contribution in [3.05, 3.63) is 34.1 Å². The van der Waals surface area contributed by atoms with Crippen LogP contribution in [0.25, 0.3) is 0 Å². The summed E-state index contributed by atoms with van der Waals surface area (Å²) in [7, 11) is 0. The third kappa shape index (κ3) is 2.38. The first-order valence-electron chi connectivity index (χ1n) is 5.63. The summed E-state index contributed by atoms with van der Waals surface area (Å²) in [5.74, 6) is -0.452. The van der Waals surface area contributed by atoms with Crippen LogP contribution in [-0.4, -0.2) is 11.0 Å². The predicted octanol–water partition coefficient (Wildman–Crippen LogP) is 3.33. The van der Waals surface area contributed by atoms with Crippen molar-refractivity contribution in [1.29, 1.82) is 0 Å². The van der Waals surface area contributed by atoms with Gasteiger partial charge in [0, 0.05) is 18.2 Å². The smallest absolute Gasteiger partial charge is 0.271 e. The molecular weight excluding hydrogens is 223 g/mol. The lowest BCUT2D eigenvalue weighted by Crippen LogP contribution is -2.25. The molecule has 0 spiro atoms. The molecule has 1 atom stereocenters. The number of rotatable bonds is 4. The van der Waals surface area contributed by atoms with Crippen LogP contribution in [0.3, 0.4) is 0 Å². The lowest BCUT2D eigenvalue weighted by atomic mass is 10.0. The van der Waals surface area contributed by atoms with E-state index >= 15 is 0 Å². The molecule has 5 heteroatoms. The fourth-order valence-corrected chi connectivity index (χ4v) is 1.78. The molecule has 2 rings (SSSR count). The maximum Gasteiger partial charge on any atom is 0.271 e. The summed E-state index contributed by atoms with van der Waals surface area (Å²) in [6.45, 7) is 4.10. The third-order valence-electron chi connectivity index (χ3n) is 3.62. The van der Waals surface area contributed by atoms with Gasteiger partial charge in [-0.2, -0.15) is 0 Å². The first-order chi connectivity index (χ1) is 7.92. The standard InChI is InChI=1S/C12H15FN2O2/c1-8(12(2)5-6-12)14-11-7-9(15(16)17)3-4-10(11)13/h3-4,7-8,14H,5-6H2,1-2H3. The van der Waals surface area contributed by atoms with Crippen molar-refractivity contribution in [3.63, 3.8) is 0 Å². The summed E-state index contributed by atoms with van der Waals surface area (Å²) in [5.41, 5.74) is 0.304. The zero-order chi connectivity index (χ0) is 12.6. The van der Waals surface area contributed by atoms with Gasteiger partial charge in [-0.15, -0.1) is 0 Å². The van der Waals surface area contributed by atoms with Gasteiger partial charge in [-0.25, -0.2) is 4.39 Å². The van der Waals surface area contributed by atoms with Gasteiger partial charge in [0.2, 0.25) is 0 Å². The van der Waals surface area contributed by atoms with Crippen molar-refractivity contribution >= 4 is 11.4 Å². The first-order valence-corrected chi connectivity index (χ1v) is 5.63. The van der Waals surface area contributed by atoms with Crippen LogP contribution >= 0.6 is 0 Å². The predicted molar refractivity (Wildman–Crippen MR) is 63.5 cm³/mol. The van der Waals surface area contributed by atoms with Crippen LogP contribution < -0.4 is 5.32 Å². The topological polar surface area (TPSA) is 55.2 Å². The molecule has 0 aliphatic heterocycles. The summed E-state index contributed by atoms with van der Waals surface area (Å²) in [5, 5.41) is 13.6. The zero-order valence-electron chi connectivity index (χ0n) is 9.87. The van der Waals surface area contributed by atoms with Gasteiger partial charge >= 0.3 is 0 Å². The van der Waals surface area contributed by atoms with Crippen LogP contribution in [0.5, 0.6) is 0 Å². The van der Waals surface area contributed by atoms with Crippen molar-refractivity contribution in [1.82, 2.24) is 0 Å². The number of nitro groups is 1. The van der Waals surface area contributed by atoms with Crippen molar-refractivity contribution in [2.24, 2.45) is 5.41 Å². The van der Waals surface area contributed by atoms with Gasteiger partial charge in [0.15, 0.2) is 0 Å². The van der Waals surface area contributed by atoms with Crippen LogP contribution in [0.15, 0.2) is 18.2 Å². The first kappa shape index (κ1) is 11.8. The largest absolute Gasteiger partial charge is 0.379 e. The second-order valence-electron chi connectivity index (χ2n) is 4.94. The number of non-ortho nitro benzene ring substituents is 1. The highest BCUT2D eigenvalue weighted by Crippen LogP contribution is 2.49. The van der Waals surface area contributed by atoms with E-state index in [1.165, 1.54) is 12.1 Å². The number of nitrogens with one attached hydrogen (secondary N) is 1. The van der Waals surface area contributed by atoms with Gasteiger partial charge in [0.1, 0.15) is 5.82 Å². The van der Waals surface area contributed by atoms with E-state index in [0.29, 0.717) is 0 Å². The maximum absolute atomic E-state index is 13.5. The van der Waals surface area contributed by atoms with E-state index < -0.39 is 10.7 Å². The highest BCUT2D eigenvalue weighted by Gasteiger charge is 2.42.